The van der Waals surface area contributed by atoms with Gasteiger partial charge in [-0.25, -0.2) is 4.98 Å². The predicted octanol–water partition coefficient (Wildman–Crippen LogP) is 3.45. The van der Waals surface area contributed by atoms with Crippen LogP contribution in [0.5, 0.6) is 0 Å². The third-order valence-electron chi connectivity index (χ3n) is 4.11. The van der Waals surface area contributed by atoms with Gasteiger partial charge in [-0.2, -0.15) is 0 Å². The van der Waals surface area contributed by atoms with Crippen LogP contribution in [0.4, 0.5) is 5.69 Å². The first-order valence-corrected chi connectivity index (χ1v) is 8.62. The molecular weight excluding hydrogens is 294 g/mol. The number of hydrogen-bond donors (Lipinski definition) is 2. The van der Waals surface area contributed by atoms with E-state index in [4.69, 9.17) is 10.7 Å². The molecule has 0 atom stereocenters. The zero-order valence-corrected chi connectivity index (χ0v) is 13.5. The molecule has 0 unspecified atom stereocenters. The van der Waals surface area contributed by atoms with E-state index in [-0.39, 0.29) is 5.91 Å². The van der Waals surface area contributed by atoms with Gasteiger partial charge >= 0.3 is 0 Å². The number of carbonyl (C=O) groups excluding carboxylic acids is 1. The Kier molecular flexibility index (Phi) is 4.43. The molecule has 0 fully saturated rings. The zero-order chi connectivity index (χ0) is 15.5. The van der Waals surface area contributed by atoms with Crippen LogP contribution in [0.2, 0.25) is 0 Å². The number of thiophene rings is 1. The van der Waals surface area contributed by atoms with Crippen molar-refractivity contribution in [2.24, 2.45) is 0 Å². The monoisotopic (exact) mass is 315 g/mol. The Morgan fingerprint density at radius 2 is 2.14 bits per heavy atom. The fourth-order valence-electron chi connectivity index (χ4n) is 2.93. The second-order valence-corrected chi connectivity index (χ2v) is 6.70. The second kappa shape index (κ2) is 6.48. The number of rotatable bonds is 3. The summed E-state index contributed by atoms with van der Waals surface area (Å²) in [5, 5.41) is 3.71. The van der Waals surface area contributed by atoms with Gasteiger partial charge in [0.15, 0.2) is 0 Å². The molecule has 0 bridgehead atoms. The van der Waals surface area contributed by atoms with Crippen molar-refractivity contribution in [3.63, 3.8) is 0 Å². The Labute approximate surface area is 134 Å². The van der Waals surface area contributed by atoms with Gasteiger partial charge in [0.25, 0.3) is 5.91 Å². The summed E-state index contributed by atoms with van der Waals surface area (Å²) in [7, 11) is 0. The molecule has 0 saturated heterocycles. The molecule has 116 valence electrons. The number of pyridine rings is 1. The fraction of sp³-hybridized carbons (Fsp3) is 0.412. The molecule has 2 aromatic heterocycles. The van der Waals surface area contributed by atoms with Crippen LogP contribution in [0.3, 0.4) is 0 Å². The highest BCUT2D eigenvalue weighted by Crippen LogP contribution is 2.34. The Balaban J connectivity index is 2.02. The van der Waals surface area contributed by atoms with Crippen molar-refractivity contribution in [2.45, 2.75) is 38.5 Å². The molecular formula is C17H21N3OS. The molecule has 22 heavy (non-hydrogen) atoms. The first-order chi connectivity index (χ1) is 10.7. The van der Waals surface area contributed by atoms with E-state index >= 15 is 0 Å². The van der Waals surface area contributed by atoms with Gasteiger partial charge in [-0.15, -0.1) is 17.9 Å². The lowest BCUT2D eigenvalue weighted by molar-refractivity contribution is 0.0963. The summed E-state index contributed by atoms with van der Waals surface area (Å²) >= 11 is 1.38. The molecule has 2 heterocycles. The summed E-state index contributed by atoms with van der Waals surface area (Å²) in [6.45, 7) is 4.05. The molecule has 1 amide bonds. The van der Waals surface area contributed by atoms with Crippen LogP contribution in [0.1, 0.15) is 46.6 Å². The van der Waals surface area contributed by atoms with Crippen molar-refractivity contribution in [2.75, 3.05) is 12.3 Å². The lowest BCUT2D eigenvalue weighted by atomic mass is 9.96. The van der Waals surface area contributed by atoms with Crippen LogP contribution < -0.4 is 11.1 Å². The summed E-state index contributed by atoms with van der Waals surface area (Å²) in [5.41, 5.74) is 9.24. The molecule has 5 heteroatoms. The van der Waals surface area contributed by atoms with E-state index in [1.165, 1.54) is 48.3 Å². The average molecular weight is 315 g/mol. The highest BCUT2D eigenvalue weighted by molar-refractivity contribution is 7.21. The number of carbonyl (C=O) groups is 1. The Bertz CT molecular complexity index is 720. The number of fused-ring (bicyclic) bond motifs is 2. The molecule has 0 aromatic carbocycles. The van der Waals surface area contributed by atoms with Crippen LogP contribution in [-0.2, 0) is 12.8 Å². The largest absolute Gasteiger partial charge is 0.397 e. The van der Waals surface area contributed by atoms with Crippen LogP contribution in [-0.4, -0.2) is 17.4 Å². The maximum atomic E-state index is 12.2. The average Bonchev–Trinajstić information content (AvgIpc) is 2.81. The van der Waals surface area contributed by atoms with Gasteiger partial charge in [0, 0.05) is 17.6 Å². The molecule has 0 saturated carbocycles. The lowest BCUT2D eigenvalue weighted by Gasteiger charge is -2.12. The maximum absolute atomic E-state index is 12.2. The molecule has 2 aromatic rings. The number of amides is 1. The minimum absolute atomic E-state index is 0.146. The Morgan fingerprint density at radius 3 is 2.91 bits per heavy atom. The number of anilines is 1. The summed E-state index contributed by atoms with van der Waals surface area (Å²) < 4.78 is 0. The van der Waals surface area contributed by atoms with Crippen molar-refractivity contribution < 1.29 is 4.79 Å². The quantitative estimate of drug-likeness (QED) is 0.852. The molecule has 3 rings (SSSR count). The van der Waals surface area contributed by atoms with Crippen molar-refractivity contribution in [3.8, 4) is 0 Å². The smallest absolute Gasteiger partial charge is 0.263 e. The highest BCUT2D eigenvalue weighted by atomic mass is 32.1. The standard InChI is InChI=1S/C17H21N3OS/c1-2-9-19-16(21)15-14(18)12-10-11-7-5-3-4-6-8-13(11)20-17(12)22-15/h2,10H,1,3-9,18H2,(H,19,21). The first-order valence-electron chi connectivity index (χ1n) is 7.80. The topological polar surface area (TPSA) is 68.0 Å². The van der Waals surface area contributed by atoms with E-state index in [9.17, 15) is 4.79 Å². The van der Waals surface area contributed by atoms with E-state index in [0.717, 1.165) is 23.1 Å². The molecule has 0 radical (unpaired) electrons. The third-order valence-corrected chi connectivity index (χ3v) is 5.23. The number of aryl methyl sites for hydroxylation is 2. The number of nitrogens with zero attached hydrogens (tertiary/aromatic N) is 1. The van der Waals surface area contributed by atoms with E-state index in [2.05, 4.69) is 18.0 Å². The van der Waals surface area contributed by atoms with Crippen LogP contribution >= 0.6 is 11.3 Å². The summed E-state index contributed by atoms with van der Waals surface area (Å²) in [6, 6.07) is 2.15. The summed E-state index contributed by atoms with van der Waals surface area (Å²) in [6.07, 6.45) is 8.71. The van der Waals surface area contributed by atoms with Crippen molar-refractivity contribution in [1.29, 1.82) is 0 Å². The van der Waals surface area contributed by atoms with Crippen LogP contribution in [0, 0.1) is 0 Å². The van der Waals surface area contributed by atoms with Gasteiger partial charge in [-0.3, -0.25) is 4.79 Å². The van der Waals surface area contributed by atoms with Gasteiger partial charge in [0.1, 0.15) is 9.71 Å². The van der Waals surface area contributed by atoms with Gasteiger partial charge in [0.2, 0.25) is 0 Å². The van der Waals surface area contributed by atoms with Crippen LogP contribution in [0.15, 0.2) is 18.7 Å². The van der Waals surface area contributed by atoms with Gasteiger partial charge in [-0.1, -0.05) is 18.9 Å². The molecule has 1 aliphatic rings. The minimum atomic E-state index is -0.146. The number of hydrogen-bond acceptors (Lipinski definition) is 4. The molecule has 0 spiro atoms. The van der Waals surface area contributed by atoms with Crippen molar-refractivity contribution >= 4 is 33.1 Å². The highest BCUT2D eigenvalue weighted by Gasteiger charge is 2.19. The number of nitrogens with one attached hydrogen (secondary N) is 1. The summed E-state index contributed by atoms with van der Waals surface area (Å²) in [5.74, 6) is -0.146. The second-order valence-electron chi connectivity index (χ2n) is 5.70. The number of nitrogens with two attached hydrogens (primary N) is 1. The van der Waals surface area contributed by atoms with Crippen molar-refractivity contribution in [1.82, 2.24) is 10.3 Å². The van der Waals surface area contributed by atoms with E-state index < -0.39 is 0 Å². The van der Waals surface area contributed by atoms with Gasteiger partial charge < -0.3 is 11.1 Å². The molecule has 3 N–H and O–H groups in total. The SMILES string of the molecule is C=CCNC(=O)c1sc2nc3c(cc2c1N)CCCCCC3. The summed E-state index contributed by atoms with van der Waals surface area (Å²) in [4.78, 5) is 18.4. The van der Waals surface area contributed by atoms with Crippen LogP contribution in [0.25, 0.3) is 10.2 Å². The number of nitrogen functional groups attached to an aromatic ring is 1. The number of aromatic nitrogens is 1. The van der Waals surface area contributed by atoms with Gasteiger partial charge in [-0.05, 0) is 37.3 Å². The Hall–Kier alpha value is -1.88. The minimum Gasteiger partial charge on any atom is -0.397 e. The fourth-order valence-corrected chi connectivity index (χ4v) is 3.94. The Morgan fingerprint density at radius 1 is 1.36 bits per heavy atom. The van der Waals surface area contributed by atoms with E-state index in [1.54, 1.807) is 6.08 Å². The predicted molar refractivity (Wildman–Crippen MR) is 92.4 cm³/mol. The van der Waals surface area contributed by atoms with Gasteiger partial charge in [0.05, 0.1) is 5.69 Å². The van der Waals surface area contributed by atoms with E-state index in [0.29, 0.717) is 17.1 Å². The normalized spacial score (nSPS) is 14.9. The molecule has 1 aliphatic carbocycles. The first kappa shape index (κ1) is 15.0. The maximum Gasteiger partial charge on any atom is 0.263 e. The molecule has 0 aliphatic heterocycles. The van der Waals surface area contributed by atoms with E-state index in [1.807, 2.05) is 0 Å². The lowest BCUT2D eigenvalue weighted by Crippen LogP contribution is -2.22. The zero-order valence-electron chi connectivity index (χ0n) is 12.7. The van der Waals surface area contributed by atoms with Crippen molar-refractivity contribution in [3.05, 3.63) is 34.9 Å². The third kappa shape index (κ3) is 2.86. The molecule has 4 nitrogen and oxygen atoms in total.